The Labute approximate surface area is 191 Å². The number of para-hydroxylation sites is 1. The number of rotatable bonds is 7. The molecule has 0 saturated heterocycles. The van der Waals surface area contributed by atoms with Crippen molar-refractivity contribution in [3.05, 3.63) is 79.1 Å². The standard InChI is InChI=1S/C25H23N5OS/c1-17(24(31)27-22-10-6-5-9-21(22)18-7-3-2-4-8-18)32-25-29-28-23(30(25)20-11-12-20)19-13-15-26-16-14-19/h2-10,13-17,20H,11-12H2,1H3,(H,27,31)/t17-/m1/s1. The number of amides is 1. The third-order valence-corrected chi connectivity index (χ3v) is 6.49. The number of carbonyl (C=O) groups excluding carboxylic acids is 1. The summed E-state index contributed by atoms with van der Waals surface area (Å²) >= 11 is 1.44. The lowest BCUT2D eigenvalue weighted by Gasteiger charge is -2.15. The molecular weight excluding hydrogens is 418 g/mol. The van der Waals surface area contributed by atoms with Crippen molar-refractivity contribution in [3.8, 4) is 22.5 Å². The molecule has 0 spiro atoms. The van der Waals surface area contributed by atoms with Gasteiger partial charge in [0, 0.05) is 35.2 Å². The fourth-order valence-electron chi connectivity index (χ4n) is 3.62. The van der Waals surface area contributed by atoms with Gasteiger partial charge in [-0.25, -0.2) is 0 Å². The van der Waals surface area contributed by atoms with Gasteiger partial charge >= 0.3 is 0 Å². The highest BCUT2D eigenvalue weighted by molar-refractivity contribution is 8.00. The maximum Gasteiger partial charge on any atom is 0.237 e. The van der Waals surface area contributed by atoms with Crippen LogP contribution in [0.25, 0.3) is 22.5 Å². The van der Waals surface area contributed by atoms with E-state index in [1.165, 1.54) is 11.8 Å². The third-order valence-electron chi connectivity index (χ3n) is 5.44. The molecule has 1 atom stereocenters. The van der Waals surface area contributed by atoms with Crippen LogP contribution in [0.15, 0.2) is 84.3 Å². The smallest absolute Gasteiger partial charge is 0.237 e. The van der Waals surface area contributed by atoms with Crippen LogP contribution in [-0.4, -0.2) is 30.9 Å². The van der Waals surface area contributed by atoms with Crippen molar-refractivity contribution in [2.45, 2.75) is 36.2 Å². The summed E-state index contributed by atoms with van der Waals surface area (Å²) in [6, 6.07) is 22.2. The fourth-order valence-corrected chi connectivity index (χ4v) is 4.54. The van der Waals surface area contributed by atoms with Crippen molar-refractivity contribution in [2.24, 2.45) is 0 Å². The van der Waals surface area contributed by atoms with Gasteiger partial charge in [0.05, 0.1) is 5.25 Å². The van der Waals surface area contributed by atoms with Crippen molar-refractivity contribution in [1.29, 1.82) is 0 Å². The topological polar surface area (TPSA) is 72.7 Å². The lowest BCUT2D eigenvalue weighted by molar-refractivity contribution is -0.115. The van der Waals surface area contributed by atoms with Crippen LogP contribution in [0.1, 0.15) is 25.8 Å². The molecule has 2 aromatic heterocycles. The zero-order chi connectivity index (χ0) is 21.9. The zero-order valence-electron chi connectivity index (χ0n) is 17.7. The predicted molar refractivity (Wildman–Crippen MR) is 127 cm³/mol. The van der Waals surface area contributed by atoms with Gasteiger partial charge < -0.3 is 5.32 Å². The van der Waals surface area contributed by atoms with E-state index in [4.69, 9.17) is 0 Å². The van der Waals surface area contributed by atoms with E-state index in [0.717, 1.165) is 46.2 Å². The molecule has 6 nitrogen and oxygen atoms in total. The maximum atomic E-state index is 13.1. The van der Waals surface area contributed by atoms with Gasteiger partial charge in [0.2, 0.25) is 5.91 Å². The number of thioether (sulfide) groups is 1. The molecule has 1 aliphatic carbocycles. The van der Waals surface area contributed by atoms with Gasteiger partial charge in [-0.3, -0.25) is 14.3 Å². The molecule has 0 aliphatic heterocycles. The molecule has 160 valence electrons. The van der Waals surface area contributed by atoms with Crippen molar-refractivity contribution in [3.63, 3.8) is 0 Å². The van der Waals surface area contributed by atoms with Gasteiger partial charge in [0.25, 0.3) is 0 Å². The average Bonchev–Trinajstić information content (AvgIpc) is 3.60. The molecule has 32 heavy (non-hydrogen) atoms. The molecule has 1 aliphatic rings. The van der Waals surface area contributed by atoms with Crippen molar-refractivity contribution >= 4 is 23.4 Å². The second kappa shape index (κ2) is 8.96. The SMILES string of the molecule is C[C@@H](Sc1nnc(-c2ccncc2)n1C1CC1)C(=O)Nc1ccccc1-c1ccccc1. The summed E-state index contributed by atoms with van der Waals surface area (Å²) in [6.07, 6.45) is 5.73. The second-order valence-corrected chi connectivity index (χ2v) is 9.11. The molecule has 0 bridgehead atoms. The minimum absolute atomic E-state index is 0.0609. The van der Waals surface area contributed by atoms with Crippen LogP contribution in [0.5, 0.6) is 0 Å². The molecular formula is C25H23N5OS. The molecule has 1 saturated carbocycles. The van der Waals surface area contributed by atoms with Crippen LogP contribution in [0.2, 0.25) is 0 Å². The van der Waals surface area contributed by atoms with E-state index in [0.29, 0.717) is 6.04 Å². The number of carbonyl (C=O) groups is 1. The third kappa shape index (κ3) is 4.29. The normalized spacial score (nSPS) is 14.2. The van der Waals surface area contributed by atoms with E-state index in [-0.39, 0.29) is 11.2 Å². The Kier molecular flexibility index (Phi) is 5.73. The number of hydrogen-bond acceptors (Lipinski definition) is 5. The lowest BCUT2D eigenvalue weighted by Crippen LogP contribution is -2.23. The maximum absolute atomic E-state index is 13.1. The molecule has 5 rings (SSSR count). The van der Waals surface area contributed by atoms with Crippen LogP contribution in [0.3, 0.4) is 0 Å². The van der Waals surface area contributed by atoms with Gasteiger partial charge in [-0.1, -0.05) is 60.3 Å². The van der Waals surface area contributed by atoms with Crippen LogP contribution < -0.4 is 5.32 Å². The Bertz CT molecular complexity index is 1220. The highest BCUT2D eigenvalue weighted by Crippen LogP contribution is 2.41. The zero-order valence-corrected chi connectivity index (χ0v) is 18.5. The fraction of sp³-hybridized carbons (Fsp3) is 0.200. The predicted octanol–water partition coefficient (Wildman–Crippen LogP) is 5.46. The van der Waals surface area contributed by atoms with Crippen molar-refractivity contribution in [1.82, 2.24) is 19.7 Å². The van der Waals surface area contributed by atoms with E-state index < -0.39 is 0 Å². The van der Waals surface area contributed by atoms with Gasteiger partial charge in [-0.2, -0.15) is 0 Å². The number of pyridine rings is 1. The summed E-state index contributed by atoms with van der Waals surface area (Å²) in [5.41, 5.74) is 3.86. The van der Waals surface area contributed by atoms with Crippen molar-refractivity contribution in [2.75, 3.05) is 5.32 Å². The highest BCUT2D eigenvalue weighted by atomic mass is 32.2. The molecule has 1 amide bonds. The molecule has 4 aromatic rings. The van der Waals surface area contributed by atoms with E-state index in [1.54, 1.807) is 12.4 Å². The Hall–Kier alpha value is -3.45. The van der Waals surface area contributed by atoms with Crippen LogP contribution in [0, 0.1) is 0 Å². The Morgan fingerprint density at radius 1 is 0.969 bits per heavy atom. The van der Waals surface area contributed by atoms with Gasteiger partial charge in [0.1, 0.15) is 0 Å². The number of nitrogens with one attached hydrogen (secondary N) is 1. The van der Waals surface area contributed by atoms with Crippen LogP contribution in [0.4, 0.5) is 5.69 Å². The molecule has 1 fully saturated rings. The summed E-state index contributed by atoms with van der Waals surface area (Å²) in [5.74, 6) is 0.772. The Morgan fingerprint density at radius 3 is 2.44 bits per heavy atom. The molecule has 0 unspecified atom stereocenters. The first kappa shape index (κ1) is 20.5. The summed E-state index contributed by atoms with van der Waals surface area (Å²) < 4.78 is 2.17. The first-order valence-electron chi connectivity index (χ1n) is 10.7. The molecule has 2 heterocycles. The Morgan fingerprint density at radius 2 is 1.69 bits per heavy atom. The summed E-state index contributed by atoms with van der Waals surface area (Å²) in [7, 11) is 0. The molecule has 2 aromatic carbocycles. The lowest BCUT2D eigenvalue weighted by atomic mass is 10.0. The largest absolute Gasteiger partial charge is 0.325 e. The van der Waals surface area contributed by atoms with Crippen LogP contribution >= 0.6 is 11.8 Å². The number of hydrogen-bond donors (Lipinski definition) is 1. The van der Waals surface area contributed by atoms with Crippen molar-refractivity contribution < 1.29 is 4.79 Å². The number of aromatic nitrogens is 4. The van der Waals surface area contributed by atoms with E-state index in [9.17, 15) is 4.79 Å². The number of anilines is 1. The van der Waals surface area contributed by atoms with Crippen LogP contribution in [-0.2, 0) is 4.79 Å². The van der Waals surface area contributed by atoms with Gasteiger partial charge in [-0.15, -0.1) is 10.2 Å². The van der Waals surface area contributed by atoms with Gasteiger partial charge in [-0.05, 0) is 43.5 Å². The molecule has 7 heteroatoms. The highest BCUT2D eigenvalue weighted by Gasteiger charge is 2.31. The van der Waals surface area contributed by atoms with E-state index in [2.05, 4.69) is 25.1 Å². The average molecular weight is 442 g/mol. The minimum Gasteiger partial charge on any atom is -0.325 e. The molecule has 1 N–H and O–H groups in total. The second-order valence-electron chi connectivity index (χ2n) is 7.80. The monoisotopic (exact) mass is 441 g/mol. The first-order valence-corrected chi connectivity index (χ1v) is 11.6. The number of benzene rings is 2. The summed E-state index contributed by atoms with van der Waals surface area (Å²) in [5, 5.41) is 12.4. The number of nitrogens with zero attached hydrogens (tertiary/aromatic N) is 4. The van der Waals surface area contributed by atoms with E-state index in [1.807, 2.05) is 73.7 Å². The summed E-state index contributed by atoms with van der Waals surface area (Å²) in [6.45, 7) is 1.91. The first-order chi connectivity index (χ1) is 15.7. The molecule has 0 radical (unpaired) electrons. The van der Waals surface area contributed by atoms with Gasteiger partial charge in [0.15, 0.2) is 11.0 Å². The Balaban J connectivity index is 1.35. The minimum atomic E-state index is -0.328. The quantitative estimate of drug-likeness (QED) is 0.386. The van der Waals surface area contributed by atoms with E-state index >= 15 is 0 Å². The summed E-state index contributed by atoms with van der Waals surface area (Å²) in [4.78, 5) is 17.2.